The molecule has 0 aromatic carbocycles. The van der Waals surface area contributed by atoms with Gasteiger partial charge in [0, 0.05) is 20.2 Å². The van der Waals surface area contributed by atoms with Crippen LogP contribution in [-0.2, 0) is 9.53 Å². The van der Waals surface area contributed by atoms with Crippen molar-refractivity contribution in [2.75, 3.05) is 20.2 Å². The van der Waals surface area contributed by atoms with Gasteiger partial charge in [-0.2, -0.15) is 0 Å². The number of aliphatic carboxylic acids is 1. The van der Waals surface area contributed by atoms with E-state index < -0.39 is 11.5 Å². The predicted molar refractivity (Wildman–Crippen MR) is 73.5 cm³/mol. The lowest BCUT2D eigenvalue weighted by Gasteiger charge is -2.38. The molecule has 1 saturated carbocycles. The molecule has 2 rings (SSSR count). The summed E-state index contributed by atoms with van der Waals surface area (Å²) in [6.45, 7) is 3.29. The second kappa shape index (κ2) is 5.99. The molecule has 6 nitrogen and oxygen atoms in total. The number of carboxylic acid groups (broad SMARTS) is 1. The summed E-state index contributed by atoms with van der Waals surface area (Å²) in [4.78, 5) is 25.5. The number of carboxylic acids is 1. The number of piperidine rings is 1. The van der Waals surface area contributed by atoms with Gasteiger partial charge in [0.15, 0.2) is 0 Å². The molecular formula is C14H24N2O4. The van der Waals surface area contributed by atoms with Gasteiger partial charge < -0.3 is 20.1 Å². The van der Waals surface area contributed by atoms with Gasteiger partial charge in [-0.05, 0) is 25.2 Å². The first kappa shape index (κ1) is 15.1. The van der Waals surface area contributed by atoms with Crippen molar-refractivity contribution < 1.29 is 19.4 Å². The largest absolute Gasteiger partial charge is 0.480 e. The molecule has 2 amide bonds. The van der Waals surface area contributed by atoms with E-state index in [2.05, 4.69) is 12.2 Å². The second-order valence-electron chi connectivity index (χ2n) is 6.01. The summed E-state index contributed by atoms with van der Waals surface area (Å²) in [5, 5.41) is 12.1. The third-order valence-corrected chi connectivity index (χ3v) is 4.69. The minimum atomic E-state index is -1.07. The molecule has 1 aliphatic heterocycles. The number of rotatable bonds is 3. The summed E-state index contributed by atoms with van der Waals surface area (Å²) in [7, 11) is 1.65. The summed E-state index contributed by atoms with van der Waals surface area (Å²) >= 11 is 0. The van der Waals surface area contributed by atoms with Gasteiger partial charge in [-0.3, -0.25) is 0 Å². The summed E-state index contributed by atoms with van der Waals surface area (Å²) < 4.78 is 5.39. The average Bonchev–Trinajstić information content (AvgIpc) is 2.89. The molecule has 2 fully saturated rings. The standard InChI is InChI=1S/C14H24N2O4/c1-10-5-8-16(9-11(10)20-2)13(19)15-14(12(17)18)6-3-4-7-14/h10-11H,3-9H2,1-2H3,(H,15,19)(H,17,18). The number of hydrogen-bond donors (Lipinski definition) is 2. The first-order chi connectivity index (χ1) is 9.48. The molecule has 2 N–H and O–H groups in total. The molecule has 2 atom stereocenters. The van der Waals surface area contributed by atoms with Gasteiger partial charge in [-0.25, -0.2) is 9.59 Å². The van der Waals surface area contributed by atoms with Crippen LogP contribution in [0.4, 0.5) is 4.79 Å². The molecule has 114 valence electrons. The van der Waals surface area contributed by atoms with Gasteiger partial charge in [0.1, 0.15) is 5.54 Å². The second-order valence-corrected chi connectivity index (χ2v) is 6.01. The van der Waals surface area contributed by atoms with Gasteiger partial charge in [-0.1, -0.05) is 19.8 Å². The Morgan fingerprint density at radius 3 is 2.55 bits per heavy atom. The van der Waals surface area contributed by atoms with Gasteiger partial charge in [0.25, 0.3) is 0 Å². The van der Waals surface area contributed by atoms with Crippen LogP contribution in [0.15, 0.2) is 0 Å². The van der Waals surface area contributed by atoms with E-state index in [-0.39, 0.29) is 12.1 Å². The van der Waals surface area contributed by atoms with E-state index in [1.165, 1.54) is 0 Å². The highest BCUT2D eigenvalue weighted by molar-refractivity contribution is 5.86. The smallest absolute Gasteiger partial charge is 0.329 e. The molecule has 0 spiro atoms. The van der Waals surface area contributed by atoms with Crippen molar-refractivity contribution >= 4 is 12.0 Å². The Morgan fingerprint density at radius 1 is 1.35 bits per heavy atom. The van der Waals surface area contributed by atoms with Crippen molar-refractivity contribution in [3.63, 3.8) is 0 Å². The van der Waals surface area contributed by atoms with Crippen molar-refractivity contribution in [2.45, 2.75) is 50.7 Å². The molecule has 1 saturated heterocycles. The molecule has 0 aromatic heterocycles. The Bertz CT molecular complexity index is 379. The van der Waals surface area contributed by atoms with Crippen LogP contribution in [0.1, 0.15) is 39.0 Å². The topological polar surface area (TPSA) is 78.9 Å². The van der Waals surface area contributed by atoms with Gasteiger partial charge >= 0.3 is 12.0 Å². The lowest BCUT2D eigenvalue weighted by Crippen LogP contribution is -2.58. The molecule has 0 bridgehead atoms. The number of nitrogens with zero attached hydrogens (tertiary/aromatic N) is 1. The number of amides is 2. The zero-order valence-electron chi connectivity index (χ0n) is 12.2. The molecule has 6 heteroatoms. The Morgan fingerprint density at radius 2 is 2.00 bits per heavy atom. The Labute approximate surface area is 119 Å². The number of nitrogens with one attached hydrogen (secondary N) is 1. The highest BCUT2D eigenvalue weighted by Crippen LogP contribution is 2.30. The minimum Gasteiger partial charge on any atom is -0.480 e. The number of methoxy groups -OCH3 is 1. The molecule has 0 radical (unpaired) electrons. The average molecular weight is 284 g/mol. The zero-order valence-corrected chi connectivity index (χ0v) is 12.2. The Balaban J connectivity index is 1.99. The maximum atomic E-state index is 12.3. The number of ether oxygens (including phenoxy) is 1. The quantitative estimate of drug-likeness (QED) is 0.822. The fraction of sp³-hybridized carbons (Fsp3) is 0.857. The summed E-state index contributed by atoms with van der Waals surface area (Å²) in [5.41, 5.74) is -1.07. The SMILES string of the molecule is COC1CN(C(=O)NC2(C(=O)O)CCCC2)CCC1C. The van der Waals surface area contributed by atoms with Crippen LogP contribution in [0.2, 0.25) is 0 Å². The van der Waals surface area contributed by atoms with E-state index in [9.17, 15) is 14.7 Å². The first-order valence-electron chi connectivity index (χ1n) is 7.32. The number of carbonyl (C=O) groups is 2. The summed E-state index contributed by atoms with van der Waals surface area (Å²) in [6.07, 6.45) is 3.65. The number of urea groups is 1. The fourth-order valence-electron chi connectivity index (χ4n) is 3.18. The van der Waals surface area contributed by atoms with E-state index in [1.54, 1.807) is 12.0 Å². The predicted octanol–water partition coefficient (Wildman–Crippen LogP) is 1.45. The minimum absolute atomic E-state index is 0.0267. The zero-order chi connectivity index (χ0) is 14.8. The molecule has 1 aliphatic carbocycles. The molecule has 0 aromatic rings. The van der Waals surface area contributed by atoms with Crippen molar-refractivity contribution in [3.05, 3.63) is 0 Å². The van der Waals surface area contributed by atoms with E-state index in [0.717, 1.165) is 19.3 Å². The number of hydrogen-bond acceptors (Lipinski definition) is 3. The van der Waals surface area contributed by atoms with Crippen molar-refractivity contribution in [2.24, 2.45) is 5.92 Å². The fourth-order valence-corrected chi connectivity index (χ4v) is 3.18. The van der Waals surface area contributed by atoms with Crippen LogP contribution in [0, 0.1) is 5.92 Å². The van der Waals surface area contributed by atoms with Gasteiger partial charge in [0.2, 0.25) is 0 Å². The highest BCUT2D eigenvalue weighted by atomic mass is 16.5. The molecular weight excluding hydrogens is 260 g/mol. The summed E-state index contributed by atoms with van der Waals surface area (Å²) in [5.74, 6) is -0.499. The highest BCUT2D eigenvalue weighted by Gasteiger charge is 2.44. The van der Waals surface area contributed by atoms with Crippen molar-refractivity contribution in [1.29, 1.82) is 0 Å². The van der Waals surface area contributed by atoms with E-state index >= 15 is 0 Å². The number of carbonyl (C=O) groups excluding carboxylic acids is 1. The van der Waals surface area contributed by atoms with Crippen LogP contribution < -0.4 is 5.32 Å². The van der Waals surface area contributed by atoms with Gasteiger partial charge in [-0.15, -0.1) is 0 Å². The lowest BCUT2D eigenvalue weighted by molar-refractivity contribution is -0.144. The third-order valence-electron chi connectivity index (χ3n) is 4.69. The van der Waals surface area contributed by atoms with Crippen molar-refractivity contribution in [1.82, 2.24) is 10.2 Å². The molecule has 2 unspecified atom stereocenters. The number of likely N-dealkylation sites (tertiary alicyclic amines) is 1. The monoisotopic (exact) mass is 284 g/mol. The van der Waals surface area contributed by atoms with Crippen LogP contribution >= 0.6 is 0 Å². The first-order valence-corrected chi connectivity index (χ1v) is 7.32. The van der Waals surface area contributed by atoms with Crippen LogP contribution in [0.5, 0.6) is 0 Å². The Kier molecular flexibility index (Phi) is 4.52. The summed E-state index contributed by atoms with van der Waals surface area (Å²) in [6, 6.07) is -0.275. The Hall–Kier alpha value is -1.30. The normalized spacial score (nSPS) is 29.2. The molecule has 2 aliphatic rings. The van der Waals surface area contributed by atoms with E-state index in [1.807, 2.05) is 0 Å². The van der Waals surface area contributed by atoms with Gasteiger partial charge in [0.05, 0.1) is 6.10 Å². The van der Waals surface area contributed by atoms with E-state index in [0.29, 0.717) is 31.8 Å². The van der Waals surface area contributed by atoms with Crippen LogP contribution in [0.25, 0.3) is 0 Å². The van der Waals surface area contributed by atoms with Crippen LogP contribution in [-0.4, -0.2) is 53.8 Å². The molecule has 20 heavy (non-hydrogen) atoms. The maximum Gasteiger partial charge on any atom is 0.329 e. The van der Waals surface area contributed by atoms with Crippen LogP contribution in [0.3, 0.4) is 0 Å². The lowest BCUT2D eigenvalue weighted by atomic mass is 9.95. The third kappa shape index (κ3) is 2.90. The van der Waals surface area contributed by atoms with Crippen molar-refractivity contribution in [3.8, 4) is 0 Å². The molecule has 1 heterocycles. The maximum absolute atomic E-state index is 12.3. The van der Waals surface area contributed by atoms with E-state index in [4.69, 9.17) is 4.74 Å².